The third-order valence-corrected chi connectivity index (χ3v) is 2.66. The van der Waals surface area contributed by atoms with Crippen LogP contribution in [0.3, 0.4) is 0 Å². The lowest BCUT2D eigenvalue weighted by atomic mass is 9.87. The van der Waals surface area contributed by atoms with E-state index in [-0.39, 0.29) is 17.6 Å². The number of nitrogens with two attached hydrogens (primary N) is 1. The normalized spacial score (nSPS) is 18.5. The SMILES string of the molecule is Nc1ccc(=O)n(CC2(CO)COC2)c1. The second-order valence-electron chi connectivity index (χ2n) is 4.08. The molecule has 2 rings (SSSR count). The van der Waals surface area contributed by atoms with Gasteiger partial charge in [-0.25, -0.2) is 0 Å². The summed E-state index contributed by atoms with van der Waals surface area (Å²) in [5, 5.41) is 9.23. The van der Waals surface area contributed by atoms with Crippen LogP contribution in [-0.2, 0) is 11.3 Å². The fourth-order valence-corrected chi connectivity index (χ4v) is 1.66. The highest BCUT2D eigenvalue weighted by atomic mass is 16.5. The number of hydrogen-bond donors (Lipinski definition) is 2. The van der Waals surface area contributed by atoms with Gasteiger partial charge in [0, 0.05) is 24.5 Å². The second-order valence-corrected chi connectivity index (χ2v) is 4.08. The van der Waals surface area contributed by atoms with Gasteiger partial charge >= 0.3 is 0 Å². The Bertz CT molecular complexity index is 404. The number of nitrogen functional groups attached to an aromatic ring is 1. The van der Waals surface area contributed by atoms with E-state index in [1.807, 2.05) is 0 Å². The molecule has 1 aliphatic heterocycles. The van der Waals surface area contributed by atoms with Gasteiger partial charge in [0.2, 0.25) is 0 Å². The molecular weight excluding hydrogens is 196 g/mol. The summed E-state index contributed by atoms with van der Waals surface area (Å²) in [7, 11) is 0. The maximum Gasteiger partial charge on any atom is 0.250 e. The van der Waals surface area contributed by atoms with Gasteiger partial charge in [0.05, 0.1) is 25.2 Å². The molecule has 2 heterocycles. The van der Waals surface area contributed by atoms with Gasteiger partial charge in [-0.15, -0.1) is 0 Å². The van der Waals surface area contributed by atoms with E-state index >= 15 is 0 Å². The van der Waals surface area contributed by atoms with Crippen molar-refractivity contribution in [3.05, 3.63) is 28.7 Å². The lowest BCUT2D eigenvalue weighted by Gasteiger charge is -2.40. The van der Waals surface area contributed by atoms with Crippen LogP contribution in [0.15, 0.2) is 23.1 Å². The minimum Gasteiger partial charge on any atom is -0.398 e. The van der Waals surface area contributed by atoms with Crippen molar-refractivity contribution in [1.82, 2.24) is 4.57 Å². The predicted octanol–water partition coefficient (Wildman–Crippen LogP) is -0.561. The molecule has 1 aromatic rings. The van der Waals surface area contributed by atoms with Crippen LogP contribution in [0.5, 0.6) is 0 Å². The van der Waals surface area contributed by atoms with E-state index < -0.39 is 0 Å². The highest BCUT2D eigenvalue weighted by Crippen LogP contribution is 2.28. The number of hydrogen-bond acceptors (Lipinski definition) is 4. The Labute approximate surface area is 87.1 Å². The molecule has 1 fully saturated rings. The third kappa shape index (κ3) is 1.88. The number of aliphatic hydroxyl groups is 1. The average molecular weight is 210 g/mol. The van der Waals surface area contributed by atoms with E-state index in [2.05, 4.69) is 0 Å². The largest absolute Gasteiger partial charge is 0.398 e. The third-order valence-electron chi connectivity index (χ3n) is 2.66. The van der Waals surface area contributed by atoms with Gasteiger partial charge in [-0.3, -0.25) is 4.79 Å². The molecule has 0 aromatic carbocycles. The minimum absolute atomic E-state index is 0.0221. The Balaban J connectivity index is 2.23. The Kier molecular flexibility index (Phi) is 2.50. The summed E-state index contributed by atoms with van der Waals surface area (Å²) in [4.78, 5) is 11.5. The first kappa shape index (κ1) is 10.2. The Morgan fingerprint density at radius 3 is 2.80 bits per heavy atom. The number of nitrogens with zero attached hydrogens (tertiary/aromatic N) is 1. The van der Waals surface area contributed by atoms with Crippen molar-refractivity contribution in [3.63, 3.8) is 0 Å². The summed E-state index contributed by atoms with van der Waals surface area (Å²) in [6.07, 6.45) is 1.60. The van der Waals surface area contributed by atoms with Gasteiger partial charge in [0.15, 0.2) is 0 Å². The molecule has 0 saturated carbocycles. The van der Waals surface area contributed by atoms with Crippen LogP contribution in [0.25, 0.3) is 0 Å². The van der Waals surface area contributed by atoms with E-state index in [1.54, 1.807) is 12.3 Å². The minimum atomic E-state index is -0.308. The highest BCUT2D eigenvalue weighted by molar-refractivity contribution is 5.33. The van der Waals surface area contributed by atoms with Crippen LogP contribution in [0, 0.1) is 5.41 Å². The number of aliphatic hydroxyl groups excluding tert-OH is 1. The molecule has 1 aliphatic rings. The zero-order valence-corrected chi connectivity index (χ0v) is 8.35. The number of aromatic nitrogens is 1. The molecule has 0 amide bonds. The molecule has 1 aromatic heterocycles. The number of ether oxygens (including phenoxy) is 1. The molecule has 0 aliphatic carbocycles. The number of rotatable bonds is 3. The van der Waals surface area contributed by atoms with E-state index in [1.165, 1.54) is 10.6 Å². The van der Waals surface area contributed by atoms with E-state index in [4.69, 9.17) is 10.5 Å². The van der Waals surface area contributed by atoms with E-state index in [0.717, 1.165) is 0 Å². The molecule has 0 spiro atoms. The summed E-state index contributed by atoms with van der Waals surface area (Å²) in [5.74, 6) is 0. The summed E-state index contributed by atoms with van der Waals surface area (Å²) in [5.41, 5.74) is 5.72. The zero-order chi connectivity index (χ0) is 10.9. The molecule has 15 heavy (non-hydrogen) atoms. The molecule has 1 saturated heterocycles. The van der Waals surface area contributed by atoms with Gasteiger partial charge in [-0.05, 0) is 6.07 Å². The van der Waals surface area contributed by atoms with Crippen molar-refractivity contribution in [2.24, 2.45) is 5.41 Å². The fourth-order valence-electron chi connectivity index (χ4n) is 1.66. The van der Waals surface area contributed by atoms with E-state index in [9.17, 15) is 9.90 Å². The molecule has 5 nitrogen and oxygen atoms in total. The van der Waals surface area contributed by atoms with Gasteiger partial charge in [-0.2, -0.15) is 0 Å². The summed E-state index contributed by atoms with van der Waals surface area (Å²) < 4.78 is 6.59. The molecule has 0 bridgehead atoms. The van der Waals surface area contributed by atoms with Gasteiger partial charge in [-0.1, -0.05) is 0 Å². The van der Waals surface area contributed by atoms with Crippen LogP contribution >= 0.6 is 0 Å². The molecule has 0 unspecified atom stereocenters. The Morgan fingerprint density at radius 1 is 1.53 bits per heavy atom. The quantitative estimate of drug-likeness (QED) is 0.701. The number of pyridine rings is 1. The summed E-state index contributed by atoms with van der Waals surface area (Å²) in [6.45, 7) is 1.46. The van der Waals surface area contributed by atoms with E-state index in [0.29, 0.717) is 25.4 Å². The summed E-state index contributed by atoms with van der Waals surface area (Å²) in [6, 6.07) is 3.00. The average Bonchev–Trinajstić information content (AvgIpc) is 2.17. The highest BCUT2D eigenvalue weighted by Gasteiger charge is 2.38. The first-order chi connectivity index (χ1) is 7.15. The number of anilines is 1. The Hall–Kier alpha value is -1.33. The molecule has 0 atom stereocenters. The molecule has 0 radical (unpaired) electrons. The monoisotopic (exact) mass is 210 g/mol. The van der Waals surface area contributed by atoms with Gasteiger partial charge in [0.25, 0.3) is 5.56 Å². The lowest BCUT2D eigenvalue weighted by molar-refractivity contribution is -0.145. The van der Waals surface area contributed by atoms with Crippen molar-refractivity contribution in [1.29, 1.82) is 0 Å². The van der Waals surface area contributed by atoms with Crippen molar-refractivity contribution >= 4 is 5.69 Å². The topological polar surface area (TPSA) is 77.5 Å². The standard InChI is InChI=1S/C10H14N2O3/c11-8-1-2-9(14)12(3-8)4-10(5-13)6-15-7-10/h1-3,13H,4-7,11H2. The van der Waals surface area contributed by atoms with Crippen LogP contribution in [0.1, 0.15) is 0 Å². The first-order valence-electron chi connectivity index (χ1n) is 4.80. The molecule has 82 valence electrons. The maximum atomic E-state index is 11.5. The zero-order valence-electron chi connectivity index (χ0n) is 8.35. The van der Waals surface area contributed by atoms with Crippen molar-refractivity contribution in [3.8, 4) is 0 Å². The first-order valence-corrected chi connectivity index (χ1v) is 4.80. The van der Waals surface area contributed by atoms with Crippen LogP contribution in [0.4, 0.5) is 5.69 Å². The fraction of sp³-hybridized carbons (Fsp3) is 0.500. The molecule has 5 heteroatoms. The Morgan fingerprint density at radius 2 is 2.27 bits per heavy atom. The van der Waals surface area contributed by atoms with Crippen LogP contribution in [-0.4, -0.2) is 29.5 Å². The summed E-state index contributed by atoms with van der Waals surface area (Å²) >= 11 is 0. The predicted molar refractivity (Wildman–Crippen MR) is 55.5 cm³/mol. The maximum absolute atomic E-state index is 11.5. The van der Waals surface area contributed by atoms with Gasteiger partial charge < -0.3 is 20.1 Å². The van der Waals surface area contributed by atoms with Gasteiger partial charge in [0.1, 0.15) is 0 Å². The molecule has 3 N–H and O–H groups in total. The second kappa shape index (κ2) is 3.67. The smallest absolute Gasteiger partial charge is 0.250 e. The van der Waals surface area contributed by atoms with Crippen LogP contribution < -0.4 is 11.3 Å². The lowest BCUT2D eigenvalue weighted by Crippen LogP contribution is -2.50. The van der Waals surface area contributed by atoms with Crippen molar-refractivity contribution < 1.29 is 9.84 Å². The van der Waals surface area contributed by atoms with Crippen molar-refractivity contribution in [2.75, 3.05) is 25.6 Å². The van der Waals surface area contributed by atoms with Crippen LogP contribution in [0.2, 0.25) is 0 Å². The molecular formula is C10H14N2O3. The van der Waals surface area contributed by atoms with Crippen molar-refractivity contribution in [2.45, 2.75) is 6.54 Å².